The van der Waals surface area contributed by atoms with Crippen molar-refractivity contribution in [3.8, 4) is 11.5 Å². The van der Waals surface area contributed by atoms with Crippen molar-refractivity contribution in [2.75, 3.05) is 38.1 Å². The van der Waals surface area contributed by atoms with Crippen LogP contribution in [0.15, 0.2) is 48.5 Å². The van der Waals surface area contributed by atoms with Crippen LogP contribution >= 0.6 is 0 Å². The van der Waals surface area contributed by atoms with E-state index >= 15 is 0 Å². The number of ether oxygens (including phenoxy) is 3. The van der Waals surface area contributed by atoms with Crippen molar-refractivity contribution < 1.29 is 24.1 Å². The fraction of sp³-hybridized carbons (Fsp3) is 0.278. The molecular weight excluding hydrogens is 324 g/mol. The average Bonchev–Trinajstić information content (AvgIpc) is 2.62. The molecule has 0 heterocycles. The predicted molar refractivity (Wildman–Crippen MR) is 95.1 cm³/mol. The van der Waals surface area contributed by atoms with Crippen LogP contribution in [-0.2, 0) is 9.53 Å². The summed E-state index contributed by atoms with van der Waals surface area (Å²) in [6.45, 7) is -0.250. The van der Waals surface area contributed by atoms with Crippen molar-refractivity contribution in [1.29, 1.82) is 0 Å². The first-order chi connectivity index (χ1) is 12.1. The fourth-order valence-corrected chi connectivity index (χ4v) is 2.18. The van der Waals surface area contributed by atoms with Crippen molar-refractivity contribution in [1.82, 2.24) is 0 Å². The highest BCUT2D eigenvalue weighted by Crippen LogP contribution is 2.24. The number of hydrogen-bond acceptors (Lipinski definition) is 6. The van der Waals surface area contributed by atoms with Gasteiger partial charge in [0.05, 0.1) is 32.2 Å². The third kappa shape index (κ3) is 5.66. The lowest BCUT2D eigenvalue weighted by Gasteiger charge is -2.16. The molecule has 7 heteroatoms. The van der Waals surface area contributed by atoms with E-state index in [0.29, 0.717) is 22.9 Å². The Morgan fingerprint density at radius 2 is 1.56 bits per heavy atom. The quantitative estimate of drug-likeness (QED) is 0.603. The Kier molecular flexibility index (Phi) is 7.06. The molecule has 1 amide bonds. The number of carbonyl (C=O) groups is 1. The van der Waals surface area contributed by atoms with Gasteiger partial charge in [-0.25, -0.2) is 0 Å². The molecular formula is C18H22N2O5. The second-order valence-electron chi connectivity index (χ2n) is 5.12. The summed E-state index contributed by atoms with van der Waals surface area (Å²) in [4.78, 5) is 11.9. The number of anilines is 2. The van der Waals surface area contributed by atoms with E-state index in [0.717, 1.165) is 0 Å². The van der Waals surface area contributed by atoms with Crippen LogP contribution in [0.1, 0.15) is 0 Å². The van der Waals surface area contributed by atoms with Crippen LogP contribution in [0.4, 0.5) is 11.4 Å². The molecule has 2 aromatic rings. The summed E-state index contributed by atoms with van der Waals surface area (Å²) in [5.74, 6) is 0.832. The highest BCUT2D eigenvalue weighted by molar-refractivity contribution is 5.93. The van der Waals surface area contributed by atoms with Crippen LogP contribution in [0.25, 0.3) is 0 Å². The number of rotatable bonds is 9. The zero-order valence-electron chi connectivity index (χ0n) is 14.2. The lowest BCUT2D eigenvalue weighted by atomic mass is 10.3. The molecule has 0 aliphatic heterocycles. The number of carbonyl (C=O) groups excluding carboxylic acids is 1. The highest BCUT2D eigenvalue weighted by atomic mass is 16.5. The van der Waals surface area contributed by atoms with Crippen molar-refractivity contribution in [2.24, 2.45) is 0 Å². The molecule has 0 aromatic heterocycles. The second-order valence-corrected chi connectivity index (χ2v) is 5.12. The minimum atomic E-state index is -0.977. The van der Waals surface area contributed by atoms with Gasteiger partial charge in [0.1, 0.15) is 24.3 Å². The van der Waals surface area contributed by atoms with E-state index in [1.807, 2.05) is 18.2 Å². The van der Waals surface area contributed by atoms with Gasteiger partial charge in [-0.05, 0) is 24.3 Å². The highest BCUT2D eigenvalue weighted by Gasteiger charge is 2.10. The summed E-state index contributed by atoms with van der Waals surface area (Å²) in [5.41, 5.74) is 1.20. The van der Waals surface area contributed by atoms with Gasteiger partial charge in [-0.2, -0.15) is 0 Å². The molecule has 0 saturated carbocycles. The number of aliphatic hydroxyl groups excluding tert-OH is 1. The third-order valence-electron chi connectivity index (χ3n) is 3.32. The summed E-state index contributed by atoms with van der Waals surface area (Å²) in [6, 6.07) is 14.3. The zero-order chi connectivity index (χ0) is 18.1. The number of benzene rings is 2. The lowest BCUT2D eigenvalue weighted by Crippen LogP contribution is -2.28. The molecule has 7 nitrogen and oxygen atoms in total. The Morgan fingerprint density at radius 1 is 1.00 bits per heavy atom. The van der Waals surface area contributed by atoms with Crippen LogP contribution in [0.3, 0.4) is 0 Å². The van der Waals surface area contributed by atoms with Gasteiger partial charge in [-0.1, -0.05) is 24.3 Å². The van der Waals surface area contributed by atoms with Gasteiger partial charge in [-0.15, -0.1) is 0 Å². The lowest BCUT2D eigenvalue weighted by molar-refractivity contribution is -0.121. The van der Waals surface area contributed by atoms with E-state index in [9.17, 15) is 9.90 Å². The maximum atomic E-state index is 11.9. The predicted octanol–water partition coefficient (Wildman–Crippen LogP) is 2.09. The maximum absolute atomic E-state index is 11.9. The van der Waals surface area contributed by atoms with Gasteiger partial charge in [-0.3, -0.25) is 4.79 Å². The first-order valence-corrected chi connectivity index (χ1v) is 7.72. The van der Waals surface area contributed by atoms with Crippen LogP contribution in [0.2, 0.25) is 0 Å². The Morgan fingerprint density at radius 3 is 2.20 bits per heavy atom. The monoisotopic (exact) mass is 346 g/mol. The molecule has 134 valence electrons. The normalized spacial score (nSPS) is 11.5. The van der Waals surface area contributed by atoms with Gasteiger partial charge >= 0.3 is 0 Å². The van der Waals surface area contributed by atoms with Crippen LogP contribution < -0.4 is 20.1 Å². The molecule has 25 heavy (non-hydrogen) atoms. The smallest absolute Gasteiger partial charge is 0.250 e. The molecule has 0 aliphatic carbocycles. The second kappa shape index (κ2) is 9.51. The third-order valence-corrected chi connectivity index (χ3v) is 3.32. The molecule has 0 aliphatic rings. The molecule has 0 fully saturated rings. The molecule has 0 radical (unpaired) electrons. The van der Waals surface area contributed by atoms with Gasteiger partial charge in [0.25, 0.3) is 0 Å². The Labute approximate surface area is 146 Å². The fourth-order valence-electron chi connectivity index (χ4n) is 2.18. The molecule has 1 atom stereocenters. The number of amides is 1. The first-order valence-electron chi connectivity index (χ1n) is 7.72. The minimum absolute atomic E-state index is 0.0581. The minimum Gasteiger partial charge on any atom is -0.495 e. The average molecular weight is 346 g/mol. The number of hydrogen-bond donors (Lipinski definition) is 3. The van der Waals surface area contributed by atoms with Crippen LogP contribution in [0.5, 0.6) is 11.5 Å². The summed E-state index contributed by atoms with van der Waals surface area (Å²) in [7, 11) is 3.08. The molecule has 1 unspecified atom stereocenters. The zero-order valence-corrected chi connectivity index (χ0v) is 14.2. The summed E-state index contributed by atoms with van der Waals surface area (Å²) < 4.78 is 15.6. The van der Waals surface area contributed by atoms with Crippen LogP contribution in [0, 0.1) is 0 Å². The number of nitrogens with one attached hydrogen (secondary N) is 2. The summed E-state index contributed by atoms with van der Waals surface area (Å²) in [5, 5.41) is 15.5. The van der Waals surface area contributed by atoms with Crippen LogP contribution in [-0.4, -0.2) is 44.7 Å². The van der Waals surface area contributed by atoms with E-state index < -0.39 is 6.23 Å². The number of para-hydroxylation sites is 4. The molecule has 3 N–H and O–H groups in total. The molecule has 0 bridgehead atoms. The summed E-state index contributed by atoms with van der Waals surface area (Å²) in [6.07, 6.45) is -0.977. The van der Waals surface area contributed by atoms with Gasteiger partial charge in [0, 0.05) is 0 Å². The van der Waals surface area contributed by atoms with E-state index in [4.69, 9.17) is 14.2 Å². The molecule has 0 spiro atoms. The Balaban J connectivity index is 1.77. The molecule has 2 aromatic carbocycles. The molecule has 2 rings (SSSR count). The Hall–Kier alpha value is -2.77. The molecule has 0 saturated heterocycles. The van der Waals surface area contributed by atoms with Crippen molar-refractivity contribution in [2.45, 2.75) is 6.23 Å². The largest absolute Gasteiger partial charge is 0.495 e. The number of methoxy groups -OCH3 is 2. The van der Waals surface area contributed by atoms with E-state index in [-0.39, 0.29) is 19.1 Å². The standard InChI is InChI=1S/C18H22N2O5/c1-23-15-9-5-3-7-13(15)19-17(21)11-25-12-18(22)20-14-8-4-6-10-16(14)24-2/h3-10,17,19,21H,11-12H2,1-2H3,(H,20,22). The van der Waals surface area contributed by atoms with E-state index in [2.05, 4.69) is 10.6 Å². The van der Waals surface area contributed by atoms with E-state index in [1.54, 1.807) is 37.4 Å². The van der Waals surface area contributed by atoms with Gasteiger partial charge < -0.3 is 30.0 Å². The SMILES string of the molecule is COc1ccccc1NC(=O)COCC(O)Nc1ccccc1OC. The van der Waals surface area contributed by atoms with Crippen molar-refractivity contribution >= 4 is 17.3 Å². The first kappa shape index (κ1) is 18.6. The topological polar surface area (TPSA) is 89.1 Å². The van der Waals surface area contributed by atoms with Crippen molar-refractivity contribution in [3.63, 3.8) is 0 Å². The Bertz CT molecular complexity index is 693. The maximum Gasteiger partial charge on any atom is 0.250 e. The van der Waals surface area contributed by atoms with Gasteiger partial charge in [0.2, 0.25) is 5.91 Å². The number of aliphatic hydroxyl groups is 1. The van der Waals surface area contributed by atoms with E-state index in [1.165, 1.54) is 7.11 Å². The van der Waals surface area contributed by atoms with Gasteiger partial charge in [0.15, 0.2) is 0 Å². The van der Waals surface area contributed by atoms with Crippen molar-refractivity contribution in [3.05, 3.63) is 48.5 Å². The summed E-state index contributed by atoms with van der Waals surface area (Å²) >= 11 is 0.